The largest absolute Gasteiger partial charge is 0.368 e. The van der Waals surface area contributed by atoms with Crippen molar-refractivity contribution >= 4 is 57.1 Å². The molecule has 170 valence electrons. The third-order valence-electron chi connectivity index (χ3n) is 5.35. The summed E-state index contributed by atoms with van der Waals surface area (Å²) < 4.78 is 23.1. The van der Waals surface area contributed by atoms with Crippen LogP contribution in [-0.2, 0) is 16.3 Å². The fourth-order valence-corrected chi connectivity index (χ4v) is 4.43. The molecule has 0 aliphatic carbocycles. The first-order valence-corrected chi connectivity index (χ1v) is 12.3. The molecule has 2 aromatic rings. The van der Waals surface area contributed by atoms with E-state index in [0.717, 1.165) is 55.7 Å². The second kappa shape index (κ2) is 11.4. The first kappa shape index (κ1) is 25.7. The minimum atomic E-state index is -3.15. The first-order chi connectivity index (χ1) is 14.3. The fourth-order valence-electron chi connectivity index (χ4n) is 3.64. The van der Waals surface area contributed by atoms with Crippen molar-refractivity contribution in [3.05, 3.63) is 58.6 Å². The van der Waals surface area contributed by atoms with Crippen LogP contribution in [0.5, 0.6) is 0 Å². The number of nitrogens with zero attached hydrogens (tertiary/aromatic N) is 3. The molecule has 0 spiro atoms. The summed E-state index contributed by atoms with van der Waals surface area (Å²) in [7, 11) is -1.35. The lowest BCUT2D eigenvalue weighted by molar-refractivity contribution is 0.373. The van der Waals surface area contributed by atoms with Gasteiger partial charge < -0.3 is 15.1 Å². The molecule has 1 N–H and O–H groups in total. The van der Waals surface area contributed by atoms with Crippen LogP contribution in [-0.4, -0.2) is 65.3 Å². The smallest absolute Gasteiger partial charge is 0.193 e. The zero-order chi connectivity index (χ0) is 21.7. The van der Waals surface area contributed by atoms with Crippen molar-refractivity contribution < 1.29 is 8.42 Å². The highest BCUT2D eigenvalue weighted by molar-refractivity contribution is 14.0. The quantitative estimate of drug-likeness (QED) is 0.335. The number of nitrogens with one attached hydrogen (secondary N) is 1. The van der Waals surface area contributed by atoms with Crippen LogP contribution in [0.2, 0.25) is 5.02 Å². The van der Waals surface area contributed by atoms with Crippen molar-refractivity contribution in [2.75, 3.05) is 50.9 Å². The Morgan fingerprint density at radius 1 is 1.10 bits per heavy atom. The molecule has 0 unspecified atom stereocenters. The van der Waals surface area contributed by atoms with Crippen LogP contribution < -0.4 is 10.2 Å². The van der Waals surface area contributed by atoms with Gasteiger partial charge in [-0.1, -0.05) is 29.8 Å². The Kier molecular flexibility index (Phi) is 9.45. The van der Waals surface area contributed by atoms with Gasteiger partial charge in [-0.2, -0.15) is 0 Å². The van der Waals surface area contributed by atoms with Gasteiger partial charge in [0.05, 0.1) is 4.90 Å². The van der Waals surface area contributed by atoms with Gasteiger partial charge in [0.1, 0.15) is 0 Å². The predicted molar refractivity (Wildman–Crippen MR) is 140 cm³/mol. The van der Waals surface area contributed by atoms with E-state index < -0.39 is 9.84 Å². The summed E-state index contributed by atoms with van der Waals surface area (Å²) in [5.74, 6) is 0.894. The lowest BCUT2D eigenvalue weighted by Crippen LogP contribution is -2.53. The van der Waals surface area contributed by atoms with Gasteiger partial charge in [-0.3, -0.25) is 4.99 Å². The number of rotatable bonds is 5. The van der Waals surface area contributed by atoms with Crippen molar-refractivity contribution in [2.45, 2.75) is 18.2 Å². The van der Waals surface area contributed by atoms with Crippen LogP contribution >= 0.6 is 35.6 Å². The van der Waals surface area contributed by atoms with Crippen molar-refractivity contribution in [1.29, 1.82) is 0 Å². The highest BCUT2D eigenvalue weighted by Crippen LogP contribution is 2.25. The normalized spacial score (nSPS) is 14.9. The topological polar surface area (TPSA) is 65.0 Å². The Morgan fingerprint density at radius 3 is 2.32 bits per heavy atom. The number of benzene rings is 2. The molecule has 0 aromatic heterocycles. The molecule has 31 heavy (non-hydrogen) atoms. The summed E-state index contributed by atoms with van der Waals surface area (Å²) >= 11 is 6.18. The number of hydrogen-bond donors (Lipinski definition) is 1. The first-order valence-electron chi connectivity index (χ1n) is 10.0. The molecule has 0 amide bonds. The molecule has 1 fully saturated rings. The molecule has 0 radical (unpaired) electrons. The molecule has 0 bridgehead atoms. The maximum Gasteiger partial charge on any atom is 0.193 e. The second-order valence-electron chi connectivity index (χ2n) is 7.55. The van der Waals surface area contributed by atoms with Gasteiger partial charge in [-0.15, -0.1) is 24.0 Å². The van der Waals surface area contributed by atoms with Crippen molar-refractivity contribution in [3.8, 4) is 0 Å². The minimum Gasteiger partial charge on any atom is -0.368 e. The van der Waals surface area contributed by atoms with E-state index in [1.54, 1.807) is 19.2 Å². The van der Waals surface area contributed by atoms with Crippen molar-refractivity contribution in [3.63, 3.8) is 0 Å². The Bertz CT molecular complexity index is 1000. The number of hydrogen-bond acceptors (Lipinski definition) is 4. The van der Waals surface area contributed by atoms with E-state index in [2.05, 4.69) is 33.1 Å². The third kappa shape index (κ3) is 6.98. The number of anilines is 1. The molecule has 1 aliphatic heterocycles. The van der Waals surface area contributed by atoms with E-state index in [1.165, 1.54) is 17.5 Å². The predicted octanol–water partition coefficient (Wildman–Crippen LogP) is 3.61. The summed E-state index contributed by atoms with van der Waals surface area (Å²) in [5.41, 5.74) is 3.52. The molecule has 1 heterocycles. The number of guanidine groups is 1. The Labute approximate surface area is 207 Å². The van der Waals surface area contributed by atoms with Crippen molar-refractivity contribution in [2.24, 2.45) is 4.99 Å². The maximum atomic E-state index is 11.6. The summed E-state index contributed by atoms with van der Waals surface area (Å²) in [5, 5.41) is 4.19. The van der Waals surface area contributed by atoms with Gasteiger partial charge in [0.25, 0.3) is 0 Å². The van der Waals surface area contributed by atoms with Crippen LogP contribution in [0.25, 0.3) is 0 Å². The number of halogens is 2. The number of aliphatic imine (C=N–C) groups is 1. The van der Waals surface area contributed by atoms with Gasteiger partial charge >= 0.3 is 0 Å². The fraction of sp³-hybridized carbons (Fsp3) is 0.409. The molecule has 1 aliphatic rings. The third-order valence-corrected chi connectivity index (χ3v) is 6.71. The van der Waals surface area contributed by atoms with Crippen molar-refractivity contribution in [1.82, 2.24) is 10.2 Å². The van der Waals surface area contributed by atoms with E-state index in [-0.39, 0.29) is 24.0 Å². The van der Waals surface area contributed by atoms with E-state index in [1.807, 2.05) is 24.3 Å². The molecular weight excluding hydrogens is 547 g/mol. The molecular formula is C22H30ClIN4O2S. The number of sulfone groups is 1. The van der Waals surface area contributed by atoms with Gasteiger partial charge in [0.2, 0.25) is 0 Å². The molecule has 3 rings (SSSR count). The van der Waals surface area contributed by atoms with E-state index in [9.17, 15) is 8.42 Å². The van der Waals surface area contributed by atoms with Crippen LogP contribution in [0.15, 0.2) is 52.4 Å². The average molecular weight is 577 g/mol. The Morgan fingerprint density at radius 2 is 1.74 bits per heavy atom. The average Bonchev–Trinajstić information content (AvgIpc) is 2.73. The van der Waals surface area contributed by atoms with Gasteiger partial charge in [-0.05, 0) is 48.7 Å². The SMILES string of the molecule is CN=C(NCCc1ccc(S(C)(=O)=O)cc1)N1CCN(c2cc(Cl)ccc2C)CC1.I. The van der Waals surface area contributed by atoms with Gasteiger partial charge in [0, 0.05) is 56.7 Å². The van der Waals surface area contributed by atoms with Crippen LogP contribution in [0.1, 0.15) is 11.1 Å². The molecule has 2 aromatic carbocycles. The van der Waals surface area contributed by atoms with Crippen LogP contribution in [0.4, 0.5) is 5.69 Å². The Balaban J connectivity index is 0.00000341. The van der Waals surface area contributed by atoms with Gasteiger partial charge in [-0.25, -0.2) is 8.42 Å². The Hall–Kier alpha value is -1.52. The van der Waals surface area contributed by atoms with Crippen LogP contribution in [0.3, 0.4) is 0 Å². The molecule has 1 saturated heterocycles. The standard InChI is InChI=1S/C22H29ClN4O2S.HI/c1-17-4-7-19(23)16-21(17)26-12-14-27(15-13-26)22(24-2)25-11-10-18-5-8-20(9-6-18)30(3,28)29;/h4-9,16H,10-15H2,1-3H3,(H,24,25);1H. The summed E-state index contributed by atoms with van der Waals surface area (Å²) in [6, 6.07) is 13.1. The summed E-state index contributed by atoms with van der Waals surface area (Å²) in [4.78, 5) is 9.42. The molecule has 6 nitrogen and oxygen atoms in total. The zero-order valence-corrected chi connectivity index (χ0v) is 22.0. The molecule has 0 saturated carbocycles. The highest BCUT2D eigenvalue weighted by atomic mass is 127. The van der Waals surface area contributed by atoms with E-state index in [0.29, 0.717) is 4.90 Å². The lowest BCUT2D eigenvalue weighted by Gasteiger charge is -2.38. The van der Waals surface area contributed by atoms with Gasteiger partial charge in [0.15, 0.2) is 15.8 Å². The van der Waals surface area contributed by atoms with E-state index in [4.69, 9.17) is 11.6 Å². The number of aryl methyl sites for hydroxylation is 1. The summed E-state index contributed by atoms with van der Waals surface area (Å²) in [6.45, 7) is 6.44. The zero-order valence-electron chi connectivity index (χ0n) is 18.1. The molecule has 0 atom stereocenters. The summed E-state index contributed by atoms with van der Waals surface area (Å²) in [6.07, 6.45) is 2.02. The minimum absolute atomic E-state index is 0. The lowest BCUT2D eigenvalue weighted by atomic mass is 10.1. The van der Waals surface area contributed by atoms with Crippen LogP contribution in [0, 0.1) is 6.92 Å². The number of piperazine rings is 1. The second-order valence-corrected chi connectivity index (χ2v) is 10.00. The monoisotopic (exact) mass is 576 g/mol. The highest BCUT2D eigenvalue weighted by Gasteiger charge is 2.20. The van der Waals surface area contributed by atoms with E-state index >= 15 is 0 Å². The maximum absolute atomic E-state index is 11.6. The molecule has 9 heteroatoms.